The molecule has 6 heteroatoms. The van der Waals surface area contributed by atoms with E-state index < -0.39 is 10.2 Å². The van der Waals surface area contributed by atoms with Crippen LogP contribution in [0.25, 0.3) is 0 Å². The molecular formula is C10H23N3O2S. The summed E-state index contributed by atoms with van der Waals surface area (Å²) in [6, 6.07) is 0.0205. The van der Waals surface area contributed by atoms with Crippen molar-refractivity contribution < 1.29 is 8.42 Å². The van der Waals surface area contributed by atoms with E-state index in [0.717, 1.165) is 32.4 Å². The van der Waals surface area contributed by atoms with Gasteiger partial charge >= 0.3 is 0 Å². The Balaban J connectivity index is 2.38. The maximum absolute atomic E-state index is 11.7. The van der Waals surface area contributed by atoms with Gasteiger partial charge in [-0.3, -0.25) is 0 Å². The summed E-state index contributed by atoms with van der Waals surface area (Å²) in [7, 11) is -3.33. The predicted octanol–water partition coefficient (Wildman–Crippen LogP) is 0.209. The van der Waals surface area contributed by atoms with Crippen molar-refractivity contribution in [2.24, 2.45) is 5.92 Å². The molecule has 1 unspecified atom stereocenters. The van der Waals surface area contributed by atoms with Crippen molar-refractivity contribution in [3.8, 4) is 0 Å². The summed E-state index contributed by atoms with van der Waals surface area (Å²) in [5.41, 5.74) is 0. The van der Waals surface area contributed by atoms with Crippen LogP contribution in [0.1, 0.15) is 33.1 Å². The predicted molar refractivity (Wildman–Crippen MR) is 65.4 cm³/mol. The minimum atomic E-state index is -3.33. The molecule has 3 N–H and O–H groups in total. The number of rotatable bonds is 5. The molecule has 1 aliphatic heterocycles. The molecule has 0 radical (unpaired) electrons. The van der Waals surface area contributed by atoms with Gasteiger partial charge in [0.2, 0.25) is 0 Å². The molecule has 0 spiro atoms. The Kier molecular flexibility index (Phi) is 5.68. The van der Waals surface area contributed by atoms with E-state index in [-0.39, 0.29) is 6.04 Å². The summed E-state index contributed by atoms with van der Waals surface area (Å²) >= 11 is 0. The second-order valence-corrected chi connectivity index (χ2v) is 6.29. The molecule has 1 atom stereocenters. The van der Waals surface area contributed by atoms with Gasteiger partial charge in [0.05, 0.1) is 0 Å². The molecule has 96 valence electrons. The lowest BCUT2D eigenvalue weighted by atomic mass is 10.2. The lowest BCUT2D eigenvalue weighted by Crippen LogP contribution is -2.46. The van der Waals surface area contributed by atoms with E-state index in [0.29, 0.717) is 12.5 Å². The van der Waals surface area contributed by atoms with Gasteiger partial charge in [0.1, 0.15) is 0 Å². The van der Waals surface area contributed by atoms with Gasteiger partial charge in [-0.15, -0.1) is 0 Å². The maximum Gasteiger partial charge on any atom is 0.277 e. The van der Waals surface area contributed by atoms with Crippen LogP contribution < -0.4 is 14.8 Å². The number of hydrogen-bond donors (Lipinski definition) is 3. The van der Waals surface area contributed by atoms with Crippen molar-refractivity contribution in [2.75, 3.05) is 19.6 Å². The average Bonchev–Trinajstić information content (AvgIpc) is 2.43. The normalized spacial score (nSPS) is 23.3. The zero-order chi connectivity index (χ0) is 12.0. The molecule has 1 heterocycles. The van der Waals surface area contributed by atoms with Crippen molar-refractivity contribution in [2.45, 2.75) is 39.2 Å². The van der Waals surface area contributed by atoms with Crippen molar-refractivity contribution in [1.82, 2.24) is 14.8 Å². The summed E-state index contributed by atoms with van der Waals surface area (Å²) in [4.78, 5) is 0. The molecule has 0 aromatic heterocycles. The fourth-order valence-electron chi connectivity index (χ4n) is 1.66. The summed E-state index contributed by atoms with van der Waals surface area (Å²) in [6.07, 6.45) is 3.11. The molecule has 1 saturated heterocycles. The maximum atomic E-state index is 11.7. The summed E-state index contributed by atoms with van der Waals surface area (Å²) in [6.45, 7) is 6.15. The molecule has 0 saturated carbocycles. The minimum Gasteiger partial charge on any atom is -0.315 e. The van der Waals surface area contributed by atoms with Crippen LogP contribution in [0, 0.1) is 5.92 Å². The van der Waals surface area contributed by atoms with E-state index in [9.17, 15) is 8.42 Å². The Labute approximate surface area is 98.6 Å². The van der Waals surface area contributed by atoms with E-state index in [1.807, 2.05) is 13.8 Å². The SMILES string of the molecule is CC(C)CNS(=O)(=O)NC1CCCCNC1. The second kappa shape index (κ2) is 6.54. The van der Waals surface area contributed by atoms with Crippen LogP contribution in [0.5, 0.6) is 0 Å². The third-order valence-corrected chi connectivity index (χ3v) is 3.74. The Bertz CT molecular complexity index is 282. The molecule has 0 aromatic rings. The highest BCUT2D eigenvalue weighted by atomic mass is 32.2. The lowest BCUT2D eigenvalue weighted by molar-refractivity contribution is 0.504. The van der Waals surface area contributed by atoms with E-state index in [2.05, 4.69) is 14.8 Å². The van der Waals surface area contributed by atoms with Crippen molar-refractivity contribution >= 4 is 10.2 Å². The minimum absolute atomic E-state index is 0.0205. The van der Waals surface area contributed by atoms with Crippen LogP contribution in [0.3, 0.4) is 0 Å². The molecule has 1 fully saturated rings. The molecule has 0 bridgehead atoms. The van der Waals surface area contributed by atoms with E-state index >= 15 is 0 Å². The average molecular weight is 249 g/mol. The van der Waals surface area contributed by atoms with Crippen molar-refractivity contribution in [3.63, 3.8) is 0 Å². The largest absolute Gasteiger partial charge is 0.315 e. The highest BCUT2D eigenvalue weighted by Crippen LogP contribution is 2.04. The first kappa shape index (κ1) is 13.9. The van der Waals surface area contributed by atoms with Crippen LogP contribution in [0.15, 0.2) is 0 Å². The highest BCUT2D eigenvalue weighted by Gasteiger charge is 2.18. The Morgan fingerprint density at radius 1 is 1.38 bits per heavy atom. The molecule has 5 nitrogen and oxygen atoms in total. The van der Waals surface area contributed by atoms with Gasteiger partial charge in [0, 0.05) is 19.1 Å². The third-order valence-electron chi connectivity index (χ3n) is 2.55. The molecule has 1 rings (SSSR count). The molecule has 0 amide bonds. The van der Waals surface area contributed by atoms with E-state index in [4.69, 9.17) is 0 Å². The van der Waals surface area contributed by atoms with E-state index in [1.54, 1.807) is 0 Å². The van der Waals surface area contributed by atoms with Gasteiger partial charge in [0.15, 0.2) is 0 Å². The molecule has 16 heavy (non-hydrogen) atoms. The lowest BCUT2D eigenvalue weighted by Gasteiger charge is -2.17. The van der Waals surface area contributed by atoms with Crippen LogP contribution in [-0.2, 0) is 10.2 Å². The number of nitrogens with one attached hydrogen (secondary N) is 3. The van der Waals surface area contributed by atoms with Crippen LogP contribution in [0.4, 0.5) is 0 Å². The topological polar surface area (TPSA) is 70.2 Å². The van der Waals surface area contributed by atoms with Gasteiger partial charge in [-0.25, -0.2) is 4.72 Å². The highest BCUT2D eigenvalue weighted by molar-refractivity contribution is 7.87. The fraction of sp³-hybridized carbons (Fsp3) is 1.00. The summed E-state index contributed by atoms with van der Waals surface area (Å²) in [5.74, 6) is 0.323. The molecule has 0 aliphatic carbocycles. The number of hydrogen-bond acceptors (Lipinski definition) is 3. The van der Waals surface area contributed by atoms with Crippen LogP contribution >= 0.6 is 0 Å². The van der Waals surface area contributed by atoms with Crippen LogP contribution in [-0.4, -0.2) is 34.1 Å². The van der Waals surface area contributed by atoms with E-state index in [1.165, 1.54) is 0 Å². The first-order chi connectivity index (χ1) is 7.49. The van der Waals surface area contributed by atoms with Gasteiger partial charge in [-0.2, -0.15) is 13.1 Å². The van der Waals surface area contributed by atoms with Gasteiger partial charge in [0.25, 0.3) is 10.2 Å². The third kappa shape index (κ3) is 5.79. The Morgan fingerprint density at radius 2 is 2.12 bits per heavy atom. The first-order valence-corrected chi connectivity index (χ1v) is 7.45. The smallest absolute Gasteiger partial charge is 0.277 e. The molecule has 1 aliphatic rings. The second-order valence-electron chi connectivity index (χ2n) is 4.76. The Morgan fingerprint density at radius 3 is 2.81 bits per heavy atom. The van der Waals surface area contributed by atoms with Gasteiger partial charge in [-0.05, 0) is 25.3 Å². The fourth-order valence-corrected chi connectivity index (χ4v) is 2.93. The van der Waals surface area contributed by atoms with Gasteiger partial charge in [-0.1, -0.05) is 20.3 Å². The zero-order valence-corrected chi connectivity index (χ0v) is 10.9. The first-order valence-electron chi connectivity index (χ1n) is 5.97. The Hall–Kier alpha value is -0.170. The van der Waals surface area contributed by atoms with Crippen LogP contribution in [0.2, 0.25) is 0 Å². The standard InChI is InChI=1S/C10H23N3O2S/c1-9(2)7-12-16(14,15)13-10-5-3-4-6-11-8-10/h9-13H,3-8H2,1-2H3. The quantitative estimate of drug-likeness (QED) is 0.652. The molecule has 0 aromatic carbocycles. The zero-order valence-electron chi connectivity index (χ0n) is 10.1. The monoisotopic (exact) mass is 249 g/mol. The summed E-state index contributed by atoms with van der Waals surface area (Å²) in [5, 5.41) is 3.23. The van der Waals surface area contributed by atoms with Gasteiger partial charge < -0.3 is 5.32 Å². The van der Waals surface area contributed by atoms with Crippen molar-refractivity contribution in [3.05, 3.63) is 0 Å². The summed E-state index contributed by atoms with van der Waals surface area (Å²) < 4.78 is 28.6. The molecular weight excluding hydrogens is 226 g/mol. The van der Waals surface area contributed by atoms with Crippen molar-refractivity contribution in [1.29, 1.82) is 0 Å².